The molecule has 4 N–H and O–H groups in total. The number of amides is 3. The third-order valence-corrected chi connectivity index (χ3v) is 6.95. The Hall–Kier alpha value is -2.07. The van der Waals surface area contributed by atoms with Gasteiger partial charge in [-0.3, -0.25) is 0 Å². The molecule has 3 atom stereocenters. The fourth-order valence-corrected chi connectivity index (χ4v) is 5.22. The molecule has 1 aromatic carbocycles. The van der Waals surface area contributed by atoms with Gasteiger partial charge in [0.15, 0.2) is 0 Å². The maximum Gasteiger partial charge on any atom is 0.406 e. The highest BCUT2D eigenvalue weighted by molar-refractivity contribution is 6.31. The summed E-state index contributed by atoms with van der Waals surface area (Å²) in [6.45, 7) is 4.46. The van der Waals surface area contributed by atoms with Crippen LogP contribution in [-0.2, 0) is 20.8 Å². The zero-order valence-electron chi connectivity index (χ0n) is 20.6. The number of ether oxygens (including phenoxy) is 3. The van der Waals surface area contributed by atoms with Gasteiger partial charge in [-0.1, -0.05) is 23.7 Å². The van der Waals surface area contributed by atoms with Crippen molar-refractivity contribution in [1.29, 1.82) is 0 Å². The second-order valence-corrected chi connectivity index (χ2v) is 9.74. The lowest BCUT2D eigenvalue weighted by Gasteiger charge is -2.34. The molecule has 2 saturated heterocycles. The molecule has 0 aromatic heterocycles. The van der Waals surface area contributed by atoms with Crippen LogP contribution in [0.15, 0.2) is 18.2 Å². The number of nitrogens with zero attached hydrogens (tertiary/aromatic N) is 1. The summed E-state index contributed by atoms with van der Waals surface area (Å²) in [5.41, 5.74) is 8.31. The zero-order valence-corrected chi connectivity index (χ0v) is 21.4. The molecule has 0 radical (unpaired) electrons. The Morgan fingerprint density at radius 1 is 1.29 bits per heavy atom. The number of rotatable bonds is 10. The van der Waals surface area contributed by atoms with Gasteiger partial charge in [-0.15, -0.1) is 0 Å². The number of alkyl carbamates (subject to hydrolysis) is 1. The van der Waals surface area contributed by atoms with E-state index in [0.29, 0.717) is 50.3 Å². The zero-order chi connectivity index (χ0) is 25.0. The highest BCUT2D eigenvalue weighted by Gasteiger charge is 2.28. The van der Waals surface area contributed by atoms with Gasteiger partial charge in [-0.25, -0.2) is 9.59 Å². The van der Waals surface area contributed by atoms with Gasteiger partial charge in [0.1, 0.15) is 0 Å². The molecule has 3 rings (SSSR count). The molecule has 35 heavy (non-hydrogen) atoms. The Balaban J connectivity index is 1.50. The summed E-state index contributed by atoms with van der Waals surface area (Å²) in [6, 6.07) is 5.63. The summed E-state index contributed by atoms with van der Waals surface area (Å²) < 4.78 is 15.8. The van der Waals surface area contributed by atoms with Gasteiger partial charge in [0.2, 0.25) is 0 Å². The van der Waals surface area contributed by atoms with Crippen LogP contribution in [0.1, 0.15) is 49.1 Å². The maximum atomic E-state index is 12.9. The van der Waals surface area contributed by atoms with Crippen molar-refractivity contribution in [2.45, 2.75) is 50.7 Å². The number of nitrogens with one attached hydrogen (secondary N) is 2. The third-order valence-electron chi connectivity index (χ3n) is 6.62. The van der Waals surface area contributed by atoms with Crippen molar-refractivity contribution in [2.24, 2.45) is 11.7 Å². The molecule has 9 nitrogen and oxygen atoms in total. The van der Waals surface area contributed by atoms with Crippen LogP contribution >= 0.6 is 11.6 Å². The van der Waals surface area contributed by atoms with Crippen molar-refractivity contribution in [3.63, 3.8) is 0 Å². The molecule has 10 heteroatoms. The van der Waals surface area contributed by atoms with Gasteiger partial charge in [0.25, 0.3) is 0 Å². The van der Waals surface area contributed by atoms with Gasteiger partial charge in [-0.05, 0) is 55.2 Å². The van der Waals surface area contributed by atoms with E-state index in [0.717, 1.165) is 56.4 Å². The van der Waals surface area contributed by atoms with Crippen molar-refractivity contribution in [2.75, 3.05) is 53.1 Å². The Labute approximate surface area is 213 Å². The van der Waals surface area contributed by atoms with Gasteiger partial charge in [0, 0.05) is 56.4 Å². The Morgan fingerprint density at radius 2 is 2.14 bits per heavy atom. The van der Waals surface area contributed by atoms with Crippen LogP contribution in [0.3, 0.4) is 0 Å². The van der Waals surface area contributed by atoms with Crippen LogP contribution < -0.4 is 16.4 Å². The Bertz CT molecular complexity index is 821. The summed E-state index contributed by atoms with van der Waals surface area (Å²) >= 11 is 6.61. The van der Waals surface area contributed by atoms with Crippen molar-refractivity contribution in [1.82, 2.24) is 15.5 Å². The number of methoxy groups -OCH3 is 1. The fraction of sp³-hybridized carbons (Fsp3) is 0.680. The molecular formula is C25H39ClN4O5. The first kappa shape index (κ1) is 27.5. The van der Waals surface area contributed by atoms with Gasteiger partial charge in [0.05, 0.1) is 20.3 Å². The minimum Gasteiger partial charge on any atom is -0.453 e. The smallest absolute Gasteiger partial charge is 0.406 e. The lowest BCUT2D eigenvalue weighted by atomic mass is 9.87. The maximum absolute atomic E-state index is 12.9. The van der Waals surface area contributed by atoms with Gasteiger partial charge in [-0.2, -0.15) is 0 Å². The van der Waals surface area contributed by atoms with E-state index in [4.69, 9.17) is 26.8 Å². The van der Waals surface area contributed by atoms with E-state index >= 15 is 0 Å². The van der Waals surface area contributed by atoms with Crippen molar-refractivity contribution >= 4 is 23.7 Å². The summed E-state index contributed by atoms with van der Waals surface area (Å²) in [6.07, 6.45) is 4.45. The number of carbonyl (C=O) groups excluding carboxylic acids is 2. The quantitative estimate of drug-likeness (QED) is 0.416. The van der Waals surface area contributed by atoms with E-state index in [2.05, 4.69) is 15.4 Å². The second kappa shape index (κ2) is 14.5. The first-order valence-electron chi connectivity index (χ1n) is 12.5. The van der Waals surface area contributed by atoms with E-state index in [9.17, 15) is 9.59 Å². The van der Waals surface area contributed by atoms with E-state index < -0.39 is 6.09 Å². The van der Waals surface area contributed by atoms with Crippen LogP contribution in [0, 0.1) is 5.92 Å². The van der Waals surface area contributed by atoms with Crippen LogP contribution in [0.25, 0.3) is 0 Å². The average Bonchev–Trinajstić information content (AvgIpc) is 2.87. The van der Waals surface area contributed by atoms with Crippen LogP contribution in [0.5, 0.6) is 0 Å². The predicted octanol–water partition coefficient (Wildman–Crippen LogP) is 3.25. The molecule has 1 aromatic rings. The minimum absolute atomic E-state index is 0.0766. The number of likely N-dealkylation sites (tertiary alicyclic amines) is 1. The number of piperidine rings is 1. The molecule has 0 spiro atoms. The monoisotopic (exact) mass is 510 g/mol. The Morgan fingerprint density at radius 3 is 2.91 bits per heavy atom. The van der Waals surface area contributed by atoms with Crippen molar-refractivity contribution in [3.8, 4) is 0 Å². The second-order valence-electron chi connectivity index (χ2n) is 9.33. The first-order valence-corrected chi connectivity index (χ1v) is 12.9. The first-order chi connectivity index (χ1) is 17.0. The third kappa shape index (κ3) is 8.83. The molecule has 2 aliphatic heterocycles. The van der Waals surface area contributed by atoms with Crippen LogP contribution in [0.4, 0.5) is 9.59 Å². The fourth-order valence-electron chi connectivity index (χ4n) is 4.88. The molecule has 0 bridgehead atoms. The van der Waals surface area contributed by atoms with Gasteiger partial charge >= 0.3 is 12.1 Å². The standard InChI is InChI=1S/C25H39ClN4O5/c1-33-25(32)28-9-12-35-17-20-6-2-8-22(26)23(20)19-7-3-10-30(15-19)24(31)29-14-21(27)13-18-5-4-11-34-16-18/h2,6,8,18-19,21H,3-5,7,9-17,27H2,1H3,(H,28,32)(H,29,31)/t18-,19+,21+/m1/s1. The summed E-state index contributed by atoms with van der Waals surface area (Å²) in [4.78, 5) is 25.9. The van der Waals surface area contributed by atoms with Crippen LogP contribution in [-0.4, -0.2) is 76.2 Å². The normalized spacial score (nSPS) is 21.3. The predicted molar refractivity (Wildman–Crippen MR) is 135 cm³/mol. The molecule has 0 saturated carbocycles. The van der Waals surface area contributed by atoms with E-state index in [-0.39, 0.29) is 18.0 Å². The van der Waals surface area contributed by atoms with E-state index in [1.165, 1.54) is 7.11 Å². The molecular weight excluding hydrogens is 472 g/mol. The highest BCUT2D eigenvalue weighted by Crippen LogP contribution is 2.34. The summed E-state index contributed by atoms with van der Waals surface area (Å²) in [5.74, 6) is 0.607. The number of nitrogens with two attached hydrogens (primary N) is 1. The molecule has 2 fully saturated rings. The summed E-state index contributed by atoms with van der Waals surface area (Å²) in [5, 5.41) is 6.30. The highest BCUT2D eigenvalue weighted by atomic mass is 35.5. The lowest BCUT2D eigenvalue weighted by molar-refractivity contribution is 0.0491. The molecule has 196 valence electrons. The minimum atomic E-state index is -0.485. The molecule has 0 aliphatic carbocycles. The number of hydrogen-bond acceptors (Lipinski definition) is 6. The number of hydrogen-bond donors (Lipinski definition) is 3. The number of carbonyl (C=O) groups is 2. The molecule has 3 amide bonds. The van der Waals surface area contributed by atoms with Crippen LogP contribution in [0.2, 0.25) is 5.02 Å². The number of urea groups is 1. The molecule has 2 heterocycles. The Kier molecular flexibility index (Phi) is 11.4. The van der Waals surface area contributed by atoms with Gasteiger partial charge < -0.3 is 35.5 Å². The number of benzene rings is 1. The largest absolute Gasteiger partial charge is 0.453 e. The van der Waals surface area contributed by atoms with E-state index in [1.54, 1.807) is 0 Å². The SMILES string of the molecule is COC(=O)NCCOCc1cccc(Cl)c1[C@H]1CCCN(C(=O)NC[C@@H](N)C[C@H]2CCCOC2)C1. The van der Waals surface area contributed by atoms with Crippen molar-refractivity contribution < 1.29 is 23.8 Å². The topological polar surface area (TPSA) is 115 Å². The average molecular weight is 511 g/mol. The summed E-state index contributed by atoms with van der Waals surface area (Å²) in [7, 11) is 1.32. The van der Waals surface area contributed by atoms with E-state index in [1.807, 2.05) is 23.1 Å². The lowest BCUT2D eigenvalue weighted by Crippen LogP contribution is -2.48. The van der Waals surface area contributed by atoms with Crippen molar-refractivity contribution in [3.05, 3.63) is 34.3 Å². The molecule has 0 unspecified atom stereocenters. The number of halogens is 1. The molecule has 2 aliphatic rings.